The lowest BCUT2D eigenvalue weighted by molar-refractivity contribution is 0.413. The lowest BCUT2D eigenvalue weighted by atomic mass is 10.1. The average molecular weight is 264 g/mol. The molecule has 1 N–H and O–H groups in total. The molecule has 0 spiro atoms. The average Bonchev–Trinajstić information content (AvgIpc) is 2.42. The molecule has 1 unspecified atom stereocenters. The van der Waals surface area contributed by atoms with Gasteiger partial charge in [0.15, 0.2) is 0 Å². The van der Waals surface area contributed by atoms with Gasteiger partial charge in [0.2, 0.25) is 0 Å². The smallest absolute Gasteiger partial charge is 0.136 e. The SMILES string of the molecule is CCC(CSC)NCc1ccc(OC)c(C#N)c1. The van der Waals surface area contributed by atoms with Crippen molar-refractivity contribution in [3.8, 4) is 11.8 Å². The molecule has 0 radical (unpaired) electrons. The minimum absolute atomic E-state index is 0.521. The molecule has 4 heteroatoms. The second-order valence-electron chi connectivity index (χ2n) is 4.09. The van der Waals surface area contributed by atoms with Crippen LogP contribution < -0.4 is 10.1 Å². The predicted octanol–water partition coefficient (Wildman–Crippen LogP) is 2.80. The van der Waals surface area contributed by atoms with E-state index in [2.05, 4.69) is 24.6 Å². The maximum Gasteiger partial charge on any atom is 0.136 e. The van der Waals surface area contributed by atoms with Gasteiger partial charge in [0, 0.05) is 18.3 Å². The standard InChI is InChI=1S/C14H20N2OS/c1-4-13(10-18-3)16-9-11-5-6-14(17-2)12(7-11)8-15/h5-7,13,16H,4,9-10H2,1-3H3. The summed E-state index contributed by atoms with van der Waals surface area (Å²) in [7, 11) is 1.58. The van der Waals surface area contributed by atoms with Crippen molar-refractivity contribution in [3.63, 3.8) is 0 Å². The third-order valence-corrected chi connectivity index (χ3v) is 3.58. The van der Waals surface area contributed by atoms with Crippen LogP contribution in [-0.4, -0.2) is 25.2 Å². The number of methoxy groups -OCH3 is 1. The molecule has 0 aliphatic heterocycles. The fourth-order valence-corrected chi connectivity index (χ4v) is 2.49. The highest BCUT2D eigenvalue weighted by atomic mass is 32.2. The minimum atomic E-state index is 0.521. The van der Waals surface area contributed by atoms with Crippen molar-refractivity contribution in [3.05, 3.63) is 29.3 Å². The fraction of sp³-hybridized carbons (Fsp3) is 0.500. The van der Waals surface area contributed by atoms with Crippen LogP contribution in [0, 0.1) is 11.3 Å². The Bertz CT molecular complexity index is 415. The molecule has 0 saturated heterocycles. The molecule has 1 aromatic carbocycles. The predicted molar refractivity (Wildman–Crippen MR) is 77.0 cm³/mol. The van der Waals surface area contributed by atoms with Crippen LogP contribution in [0.3, 0.4) is 0 Å². The lowest BCUT2D eigenvalue weighted by Gasteiger charge is -2.16. The molecule has 1 rings (SSSR count). The summed E-state index contributed by atoms with van der Waals surface area (Å²) in [4.78, 5) is 0. The van der Waals surface area contributed by atoms with Crippen molar-refractivity contribution in [2.24, 2.45) is 0 Å². The van der Waals surface area contributed by atoms with Crippen LogP contribution in [0.25, 0.3) is 0 Å². The fourth-order valence-electron chi connectivity index (χ4n) is 1.74. The summed E-state index contributed by atoms with van der Waals surface area (Å²) in [6.45, 7) is 2.97. The summed E-state index contributed by atoms with van der Waals surface area (Å²) < 4.78 is 5.13. The van der Waals surface area contributed by atoms with Gasteiger partial charge in [0.1, 0.15) is 11.8 Å². The van der Waals surface area contributed by atoms with Gasteiger partial charge in [0.05, 0.1) is 12.7 Å². The van der Waals surface area contributed by atoms with Crippen LogP contribution in [-0.2, 0) is 6.54 Å². The number of hydrogen-bond acceptors (Lipinski definition) is 4. The van der Waals surface area contributed by atoms with Gasteiger partial charge in [-0.1, -0.05) is 13.0 Å². The summed E-state index contributed by atoms with van der Waals surface area (Å²) >= 11 is 1.85. The Morgan fingerprint density at radius 1 is 1.50 bits per heavy atom. The summed E-state index contributed by atoms with van der Waals surface area (Å²) in [5, 5.41) is 12.5. The van der Waals surface area contributed by atoms with Gasteiger partial charge in [-0.3, -0.25) is 0 Å². The van der Waals surface area contributed by atoms with E-state index in [0.29, 0.717) is 17.4 Å². The summed E-state index contributed by atoms with van der Waals surface area (Å²) in [6, 6.07) is 8.42. The van der Waals surface area contributed by atoms with E-state index in [0.717, 1.165) is 24.3 Å². The Hall–Kier alpha value is -1.18. The monoisotopic (exact) mass is 264 g/mol. The molecule has 0 aliphatic carbocycles. The molecule has 3 nitrogen and oxygen atoms in total. The first-order valence-electron chi connectivity index (χ1n) is 6.04. The molecule has 1 aromatic rings. The first kappa shape index (κ1) is 14.9. The highest BCUT2D eigenvalue weighted by Crippen LogP contribution is 2.18. The normalized spacial score (nSPS) is 11.9. The van der Waals surface area contributed by atoms with Gasteiger partial charge in [0.25, 0.3) is 0 Å². The summed E-state index contributed by atoms with van der Waals surface area (Å²) in [6.07, 6.45) is 3.23. The van der Waals surface area contributed by atoms with Crippen molar-refractivity contribution in [1.29, 1.82) is 5.26 Å². The zero-order valence-corrected chi connectivity index (χ0v) is 12.0. The second kappa shape index (κ2) is 8.02. The quantitative estimate of drug-likeness (QED) is 0.822. The lowest BCUT2D eigenvalue weighted by Crippen LogP contribution is -2.30. The van der Waals surface area contributed by atoms with E-state index in [-0.39, 0.29) is 0 Å². The van der Waals surface area contributed by atoms with Crippen molar-refractivity contribution in [2.75, 3.05) is 19.1 Å². The Labute approximate surface area is 114 Å². The van der Waals surface area contributed by atoms with Gasteiger partial charge in [-0.2, -0.15) is 17.0 Å². The van der Waals surface area contributed by atoms with Crippen molar-refractivity contribution >= 4 is 11.8 Å². The highest BCUT2D eigenvalue weighted by molar-refractivity contribution is 7.98. The van der Waals surface area contributed by atoms with E-state index in [9.17, 15) is 0 Å². The van der Waals surface area contributed by atoms with E-state index in [1.165, 1.54) is 0 Å². The number of benzene rings is 1. The zero-order valence-electron chi connectivity index (χ0n) is 11.2. The molecule has 0 aromatic heterocycles. The number of nitriles is 1. The largest absolute Gasteiger partial charge is 0.495 e. The van der Waals surface area contributed by atoms with E-state index in [4.69, 9.17) is 10.00 Å². The maximum absolute atomic E-state index is 9.03. The molecular weight excluding hydrogens is 244 g/mol. The Kier molecular flexibility index (Phi) is 6.63. The molecule has 0 fully saturated rings. The molecule has 0 heterocycles. The van der Waals surface area contributed by atoms with Gasteiger partial charge in [-0.15, -0.1) is 0 Å². The van der Waals surface area contributed by atoms with Crippen LogP contribution >= 0.6 is 11.8 Å². The third-order valence-electron chi connectivity index (χ3n) is 2.84. The van der Waals surface area contributed by atoms with Crippen LogP contribution in [0.2, 0.25) is 0 Å². The first-order chi connectivity index (χ1) is 8.74. The second-order valence-corrected chi connectivity index (χ2v) is 5.00. The molecule has 0 bridgehead atoms. The highest BCUT2D eigenvalue weighted by Gasteiger charge is 2.07. The van der Waals surface area contributed by atoms with Crippen LogP contribution in [0.1, 0.15) is 24.5 Å². The van der Waals surface area contributed by atoms with E-state index < -0.39 is 0 Å². The summed E-state index contributed by atoms with van der Waals surface area (Å²) in [5.41, 5.74) is 1.71. The van der Waals surface area contributed by atoms with Crippen molar-refractivity contribution in [2.45, 2.75) is 25.9 Å². The molecular formula is C14H20N2OS. The van der Waals surface area contributed by atoms with Gasteiger partial charge in [-0.05, 0) is 30.4 Å². The van der Waals surface area contributed by atoms with Gasteiger partial charge in [-0.25, -0.2) is 0 Å². The van der Waals surface area contributed by atoms with E-state index >= 15 is 0 Å². The number of thioether (sulfide) groups is 1. The molecule has 1 atom stereocenters. The van der Waals surface area contributed by atoms with Crippen LogP contribution in [0.15, 0.2) is 18.2 Å². The van der Waals surface area contributed by atoms with Crippen molar-refractivity contribution in [1.82, 2.24) is 5.32 Å². The van der Waals surface area contributed by atoms with Crippen molar-refractivity contribution < 1.29 is 4.74 Å². The molecule has 18 heavy (non-hydrogen) atoms. The Morgan fingerprint density at radius 2 is 2.28 bits per heavy atom. The van der Waals surface area contributed by atoms with E-state index in [1.54, 1.807) is 7.11 Å². The maximum atomic E-state index is 9.03. The first-order valence-corrected chi connectivity index (χ1v) is 7.43. The number of ether oxygens (including phenoxy) is 1. The molecule has 0 amide bonds. The number of nitrogens with zero attached hydrogens (tertiary/aromatic N) is 1. The molecule has 98 valence electrons. The molecule has 0 aliphatic rings. The Balaban J connectivity index is 2.65. The Morgan fingerprint density at radius 3 is 2.83 bits per heavy atom. The van der Waals surface area contributed by atoms with Crippen LogP contribution in [0.5, 0.6) is 5.75 Å². The topological polar surface area (TPSA) is 45.0 Å². The van der Waals surface area contributed by atoms with Gasteiger partial charge >= 0.3 is 0 Å². The number of hydrogen-bond donors (Lipinski definition) is 1. The number of nitrogens with one attached hydrogen (secondary N) is 1. The minimum Gasteiger partial charge on any atom is -0.495 e. The number of rotatable bonds is 7. The van der Waals surface area contributed by atoms with Crippen LogP contribution in [0.4, 0.5) is 0 Å². The third kappa shape index (κ3) is 4.25. The summed E-state index contributed by atoms with van der Waals surface area (Å²) in [5.74, 6) is 1.75. The van der Waals surface area contributed by atoms with E-state index in [1.807, 2.05) is 30.0 Å². The molecule has 0 saturated carbocycles. The van der Waals surface area contributed by atoms with Gasteiger partial charge < -0.3 is 10.1 Å². The zero-order chi connectivity index (χ0) is 13.4.